The molecule has 0 saturated carbocycles. The van der Waals surface area contributed by atoms with Gasteiger partial charge < -0.3 is 19.6 Å². The quantitative estimate of drug-likeness (QED) is 0.281. The zero-order valence-corrected chi connectivity index (χ0v) is 20.9. The Balaban J connectivity index is 1.35. The number of aryl methyl sites for hydroxylation is 1. The molecule has 2 N–H and O–H groups in total. The maximum atomic E-state index is 12.2. The van der Waals surface area contributed by atoms with Gasteiger partial charge in [-0.1, -0.05) is 68.4 Å². The Kier molecular flexibility index (Phi) is 8.18. The van der Waals surface area contributed by atoms with Gasteiger partial charge >= 0.3 is 5.97 Å². The maximum absolute atomic E-state index is 12.2. The van der Waals surface area contributed by atoms with E-state index in [4.69, 9.17) is 19.6 Å². The van der Waals surface area contributed by atoms with Crippen LogP contribution < -0.4 is 10.5 Å². The van der Waals surface area contributed by atoms with E-state index in [0.29, 0.717) is 36.8 Å². The average molecular weight is 484 g/mol. The maximum Gasteiger partial charge on any atom is 0.327 e. The van der Waals surface area contributed by atoms with Crippen LogP contribution in [0.5, 0.6) is 5.75 Å². The molecule has 1 aromatic heterocycles. The fraction of sp³-hybridized carbons (Fsp3) is 0.267. The van der Waals surface area contributed by atoms with Gasteiger partial charge in [-0.05, 0) is 47.7 Å². The zero-order chi connectivity index (χ0) is 25.5. The van der Waals surface area contributed by atoms with Crippen molar-refractivity contribution in [1.29, 1.82) is 0 Å². The van der Waals surface area contributed by atoms with Crippen LogP contribution in [0.4, 0.5) is 0 Å². The van der Waals surface area contributed by atoms with Gasteiger partial charge in [0, 0.05) is 18.1 Å². The van der Waals surface area contributed by atoms with Crippen molar-refractivity contribution in [1.82, 2.24) is 4.98 Å². The van der Waals surface area contributed by atoms with Gasteiger partial charge in [-0.3, -0.25) is 0 Å². The third-order valence-corrected chi connectivity index (χ3v) is 5.67. The highest BCUT2D eigenvalue weighted by molar-refractivity contribution is 5.77. The van der Waals surface area contributed by atoms with Gasteiger partial charge in [0.15, 0.2) is 0 Å². The molecule has 0 aliphatic heterocycles. The molecule has 0 bridgehead atoms. The second-order valence-electron chi connectivity index (χ2n) is 9.04. The normalized spacial score (nSPS) is 11.9. The Morgan fingerprint density at radius 3 is 2.39 bits per heavy atom. The number of esters is 1. The van der Waals surface area contributed by atoms with Crippen LogP contribution in [0.2, 0.25) is 0 Å². The highest BCUT2D eigenvalue weighted by atomic mass is 16.5. The number of ether oxygens (including phenoxy) is 2. The molecule has 0 aliphatic carbocycles. The lowest BCUT2D eigenvalue weighted by Crippen LogP contribution is -2.25. The molecule has 36 heavy (non-hydrogen) atoms. The number of hydrogen-bond acceptors (Lipinski definition) is 6. The summed E-state index contributed by atoms with van der Waals surface area (Å²) in [6.07, 6.45) is 0.567. The number of rotatable bonds is 10. The van der Waals surface area contributed by atoms with Crippen LogP contribution in [0.1, 0.15) is 36.9 Å². The first-order valence-electron chi connectivity index (χ1n) is 12.1. The van der Waals surface area contributed by atoms with Gasteiger partial charge in [-0.15, -0.1) is 0 Å². The van der Waals surface area contributed by atoms with E-state index in [1.54, 1.807) is 18.2 Å². The molecule has 0 aliphatic rings. The number of nitrogens with zero attached hydrogens (tertiary/aromatic N) is 1. The molecule has 0 amide bonds. The summed E-state index contributed by atoms with van der Waals surface area (Å²) in [5.74, 6) is 1.63. The molecule has 4 aromatic rings. The van der Waals surface area contributed by atoms with Crippen LogP contribution in [-0.2, 0) is 16.0 Å². The lowest BCUT2D eigenvalue weighted by Gasteiger charge is -2.14. The Morgan fingerprint density at radius 2 is 1.67 bits per heavy atom. The van der Waals surface area contributed by atoms with E-state index in [0.717, 1.165) is 22.6 Å². The lowest BCUT2D eigenvalue weighted by atomic mass is 10.0. The van der Waals surface area contributed by atoms with E-state index in [9.17, 15) is 4.79 Å². The molecule has 0 fully saturated rings. The zero-order valence-electron chi connectivity index (χ0n) is 20.9. The van der Waals surface area contributed by atoms with Crippen LogP contribution in [0.3, 0.4) is 0 Å². The molecule has 0 spiro atoms. The molecule has 6 nitrogen and oxygen atoms in total. The molecule has 0 saturated heterocycles. The topological polar surface area (TPSA) is 87.6 Å². The first kappa shape index (κ1) is 25.2. The third-order valence-electron chi connectivity index (χ3n) is 5.67. The molecule has 1 atom stereocenters. The Bertz CT molecular complexity index is 1280. The highest BCUT2D eigenvalue weighted by Crippen LogP contribution is 2.26. The fourth-order valence-corrected chi connectivity index (χ4v) is 3.67. The monoisotopic (exact) mass is 483 g/mol. The molecule has 1 heterocycles. The minimum Gasteiger partial charge on any atom is -0.493 e. The van der Waals surface area contributed by atoms with Crippen molar-refractivity contribution >= 4 is 5.97 Å². The third kappa shape index (κ3) is 6.40. The number of benzene rings is 3. The Morgan fingerprint density at radius 1 is 0.972 bits per heavy atom. The first-order valence-corrected chi connectivity index (χ1v) is 12.1. The van der Waals surface area contributed by atoms with Crippen molar-refractivity contribution in [3.8, 4) is 28.3 Å². The molecule has 3 aromatic carbocycles. The lowest BCUT2D eigenvalue weighted by molar-refractivity contribution is -0.146. The van der Waals surface area contributed by atoms with Crippen LogP contribution >= 0.6 is 0 Å². The van der Waals surface area contributed by atoms with E-state index in [2.05, 4.69) is 35.3 Å². The van der Waals surface area contributed by atoms with E-state index in [-0.39, 0.29) is 5.92 Å². The summed E-state index contributed by atoms with van der Waals surface area (Å²) >= 11 is 0. The van der Waals surface area contributed by atoms with Gasteiger partial charge in [-0.25, -0.2) is 9.78 Å². The fourth-order valence-electron chi connectivity index (χ4n) is 3.67. The van der Waals surface area contributed by atoms with E-state index < -0.39 is 12.0 Å². The molecule has 1 unspecified atom stereocenters. The Hall–Kier alpha value is -3.90. The summed E-state index contributed by atoms with van der Waals surface area (Å²) in [6, 6.07) is 25.9. The molecule has 4 rings (SSSR count). The minimum absolute atomic E-state index is 0.244. The summed E-state index contributed by atoms with van der Waals surface area (Å²) in [7, 11) is 0. The van der Waals surface area contributed by atoms with E-state index in [1.807, 2.05) is 51.1 Å². The summed E-state index contributed by atoms with van der Waals surface area (Å²) in [4.78, 5) is 16.9. The van der Waals surface area contributed by atoms with Gasteiger partial charge in [0.1, 0.15) is 17.6 Å². The summed E-state index contributed by atoms with van der Waals surface area (Å²) in [5, 5.41) is 0. The summed E-state index contributed by atoms with van der Waals surface area (Å²) in [5.41, 5.74) is 10.6. The van der Waals surface area contributed by atoms with Gasteiger partial charge in [0.05, 0.1) is 18.9 Å². The van der Waals surface area contributed by atoms with Crippen molar-refractivity contribution in [2.24, 2.45) is 11.7 Å². The summed E-state index contributed by atoms with van der Waals surface area (Å²) in [6.45, 7) is 6.56. The molecular weight excluding hydrogens is 452 g/mol. The van der Waals surface area contributed by atoms with Crippen molar-refractivity contribution in [3.05, 3.63) is 95.9 Å². The van der Waals surface area contributed by atoms with Crippen molar-refractivity contribution in [2.45, 2.75) is 33.2 Å². The number of hydrogen-bond donors (Lipinski definition) is 1. The number of oxazole rings is 1. The standard InChI is InChI=1S/C30H31N2O4/c1-20(2)19-35-30(33)28(31)25-10-7-11-26(18-25)34-17-16-27-21(3)36-29(32-27)24-14-12-23(13-15-24)22-8-5-4-6-9-22/h4-15,20,28H,16-17,19,31H2,1-3H3. The molecule has 185 valence electrons. The Labute approximate surface area is 212 Å². The second-order valence-corrected chi connectivity index (χ2v) is 9.04. The van der Waals surface area contributed by atoms with Crippen molar-refractivity contribution < 1.29 is 18.7 Å². The van der Waals surface area contributed by atoms with Gasteiger partial charge in [0.25, 0.3) is 0 Å². The molecule has 1 radical (unpaired) electrons. The highest BCUT2D eigenvalue weighted by Gasteiger charge is 2.19. The SMILES string of the molecule is Cc1oc(-c2ccc(-c3ccccc3)cc2)nc1CCOc1[c]c(C(N)C(=O)OCC(C)C)ccc1. The van der Waals surface area contributed by atoms with Gasteiger partial charge in [0.2, 0.25) is 5.89 Å². The van der Waals surface area contributed by atoms with Gasteiger partial charge in [-0.2, -0.15) is 0 Å². The smallest absolute Gasteiger partial charge is 0.327 e. The van der Waals surface area contributed by atoms with Crippen LogP contribution in [-0.4, -0.2) is 24.2 Å². The van der Waals surface area contributed by atoms with Crippen molar-refractivity contribution in [2.75, 3.05) is 13.2 Å². The number of carbonyl (C=O) groups excluding carboxylic acids is 1. The second kappa shape index (κ2) is 11.7. The summed E-state index contributed by atoms with van der Waals surface area (Å²) < 4.78 is 17.0. The number of nitrogens with two attached hydrogens (primary N) is 1. The van der Waals surface area contributed by atoms with Crippen LogP contribution in [0, 0.1) is 18.9 Å². The minimum atomic E-state index is -0.902. The van der Waals surface area contributed by atoms with E-state index in [1.165, 1.54) is 5.56 Å². The molecule has 6 heteroatoms. The van der Waals surface area contributed by atoms with E-state index >= 15 is 0 Å². The largest absolute Gasteiger partial charge is 0.493 e. The molecular formula is C30H31N2O4. The predicted molar refractivity (Wildman–Crippen MR) is 139 cm³/mol. The predicted octanol–water partition coefficient (Wildman–Crippen LogP) is 5.94. The first-order chi connectivity index (χ1) is 17.4. The van der Waals surface area contributed by atoms with Crippen molar-refractivity contribution in [3.63, 3.8) is 0 Å². The van der Waals surface area contributed by atoms with Crippen LogP contribution in [0.15, 0.2) is 77.2 Å². The average Bonchev–Trinajstić information content (AvgIpc) is 3.27. The van der Waals surface area contributed by atoms with Crippen LogP contribution in [0.25, 0.3) is 22.6 Å². The number of aromatic nitrogens is 1. The number of carbonyl (C=O) groups is 1.